The monoisotopic (exact) mass is 362 g/mol. The van der Waals surface area contributed by atoms with E-state index >= 15 is 0 Å². The van der Waals surface area contributed by atoms with E-state index in [2.05, 4.69) is 0 Å². The summed E-state index contributed by atoms with van der Waals surface area (Å²) >= 11 is 0. The predicted molar refractivity (Wildman–Crippen MR) is 94.4 cm³/mol. The summed E-state index contributed by atoms with van der Waals surface area (Å²) in [6.45, 7) is 5.38. The number of methoxy groups -OCH3 is 1. The van der Waals surface area contributed by atoms with Gasteiger partial charge in [0.15, 0.2) is 0 Å². The third-order valence-corrected chi connectivity index (χ3v) is 3.85. The van der Waals surface area contributed by atoms with Gasteiger partial charge in [0.1, 0.15) is 11.6 Å². The van der Waals surface area contributed by atoms with Gasteiger partial charge < -0.3 is 9.47 Å². The standard InChI is InChI=1S/C18H22N2O6/c1-18(2,3)26-17(22)19-11-13(7-10-15(19)16(21)25-4)12-5-8-14(9-6-12)20(23)24/h5-9,15H,10-11H2,1-4H3. The van der Waals surface area contributed by atoms with Crippen LogP contribution in [0, 0.1) is 10.1 Å². The number of esters is 1. The fourth-order valence-corrected chi connectivity index (χ4v) is 2.62. The van der Waals surface area contributed by atoms with Crippen LogP contribution in [0.5, 0.6) is 0 Å². The molecule has 0 aliphatic carbocycles. The van der Waals surface area contributed by atoms with E-state index < -0.39 is 28.6 Å². The van der Waals surface area contributed by atoms with Crippen molar-refractivity contribution in [3.63, 3.8) is 0 Å². The van der Waals surface area contributed by atoms with Crippen molar-refractivity contribution in [1.82, 2.24) is 4.90 Å². The van der Waals surface area contributed by atoms with Crippen molar-refractivity contribution < 1.29 is 24.0 Å². The van der Waals surface area contributed by atoms with E-state index in [1.165, 1.54) is 24.1 Å². The number of hydrogen-bond acceptors (Lipinski definition) is 6. The number of carbonyl (C=O) groups is 2. The van der Waals surface area contributed by atoms with Gasteiger partial charge in [0.25, 0.3) is 5.69 Å². The van der Waals surface area contributed by atoms with E-state index in [1.54, 1.807) is 32.9 Å². The van der Waals surface area contributed by atoms with Gasteiger partial charge in [-0.05, 0) is 50.5 Å². The molecule has 8 nitrogen and oxygen atoms in total. The number of hydrogen-bond donors (Lipinski definition) is 0. The first-order chi connectivity index (χ1) is 12.1. The second-order valence-corrected chi connectivity index (χ2v) is 6.92. The molecule has 0 radical (unpaired) electrons. The Kier molecular flexibility index (Phi) is 5.64. The van der Waals surface area contributed by atoms with Crippen molar-refractivity contribution >= 4 is 23.3 Å². The highest BCUT2D eigenvalue weighted by molar-refractivity contribution is 5.85. The van der Waals surface area contributed by atoms with Gasteiger partial charge in [-0.2, -0.15) is 0 Å². The fraction of sp³-hybridized carbons (Fsp3) is 0.444. The summed E-state index contributed by atoms with van der Waals surface area (Å²) in [5.41, 5.74) is 0.812. The normalized spacial score (nSPS) is 17.3. The Hall–Kier alpha value is -2.90. The lowest BCUT2D eigenvalue weighted by atomic mass is 9.97. The Morgan fingerprint density at radius 2 is 1.85 bits per heavy atom. The van der Waals surface area contributed by atoms with Crippen LogP contribution in [-0.4, -0.2) is 47.2 Å². The largest absolute Gasteiger partial charge is 0.467 e. The van der Waals surface area contributed by atoms with Crippen LogP contribution in [0.2, 0.25) is 0 Å². The molecule has 0 saturated carbocycles. The van der Waals surface area contributed by atoms with Gasteiger partial charge in [-0.3, -0.25) is 15.0 Å². The molecule has 2 rings (SSSR count). The minimum Gasteiger partial charge on any atom is -0.467 e. The van der Waals surface area contributed by atoms with E-state index in [1.807, 2.05) is 6.08 Å². The summed E-state index contributed by atoms with van der Waals surface area (Å²) < 4.78 is 10.2. The number of nitro groups is 1. The van der Waals surface area contributed by atoms with E-state index in [0.29, 0.717) is 0 Å². The first-order valence-corrected chi connectivity index (χ1v) is 8.13. The molecule has 1 atom stereocenters. The molecule has 1 aromatic rings. The quantitative estimate of drug-likeness (QED) is 0.465. The predicted octanol–water partition coefficient (Wildman–Crippen LogP) is 3.16. The molecular weight excluding hydrogens is 340 g/mol. The third kappa shape index (κ3) is 4.59. The van der Waals surface area contributed by atoms with Crippen LogP contribution in [0.15, 0.2) is 30.3 Å². The van der Waals surface area contributed by atoms with E-state index in [0.717, 1.165) is 11.1 Å². The van der Waals surface area contributed by atoms with Crippen LogP contribution in [0.4, 0.5) is 10.5 Å². The molecule has 0 N–H and O–H groups in total. The van der Waals surface area contributed by atoms with E-state index in [4.69, 9.17) is 9.47 Å². The average molecular weight is 362 g/mol. The van der Waals surface area contributed by atoms with Crippen molar-refractivity contribution in [2.45, 2.75) is 38.8 Å². The van der Waals surface area contributed by atoms with Crippen molar-refractivity contribution in [1.29, 1.82) is 0 Å². The second-order valence-electron chi connectivity index (χ2n) is 6.92. The van der Waals surface area contributed by atoms with Crippen LogP contribution in [0.3, 0.4) is 0 Å². The van der Waals surface area contributed by atoms with Crippen LogP contribution >= 0.6 is 0 Å². The molecule has 0 spiro atoms. The molecule has 1 aliphatic rings. The first-order valence-electron chi connectivity index (χ1n) is 8.13. The molecule has 1 amide bonds. The number of nitro benzene ring substituents is 1. The van der Waals surface area contributed by atoms with Gasteiger partial charge in [-0.15, -0.1) is 0 Å². The molecule has 140 valence electrons. The summed E-state index contributed by atoms with van der Waals surface area (Å²) in [6.07, 6.45) is 1.50. The van der Waals surface area contributed by atoms with Gasteiger partial charge in [-0.1, -0.05) is 6.08 Å². The summed E-state index contributed by atoms with van der Waals surface area (Å²) in [4.78, 5) is 36.2. The summed E-state index contributed by atoms with van der Waals surface area (Å²) in [7, 11) is 1.27. The maximum Gasteiger partial charge on any atom is 0.411 e. The minimum atomic E-state index is -0.767. The lowest BCUT2D eigenvalue weighted by molar-refractivity contribution is -0.384. The topological polar surface area (TPSA) is 99.0 Å². The fourth-order valence-electron chi connectivity index (χ4n) is 2.62. The Bertz CT molecular complexity index is 733. The number of benzene rings is 1. The smallest absolute Gasteiger partial charge is 0.411 e. The highest BCUT2D eigenvalue weighted by atomic mass is 16.6. The average Bonchev–Trinajstić information content (AvgIpc) is 2.59. The van der Waals surface area contributed by atoms with Crippen molar-refractivity contribution in [2.24, 2.45) is 0 Å². The first kappa shape index (κ1) is 19.4. The maximum atomic E-state index is 12.5. The highest BCUT2D eigenvalue weighted by Gasteiger charge is 2.36. The van der Waals surface area contributed by atoms with Crippen molar-refractivity contribution in [2.75, 3.05) is 13.7 Å². The molecule has 26 heavy (non-hydrogen) atoms. The molecule has 0 bridgehead atoms. The Balaban J connectivity index is 2.28. The second kappa shape index (κ2) is 7.55. The SMILES string of the molecule is COC(=O)C1CC=C(c2ccc([N+](=O)[O-])cc2)CN1C(=O)OC(C)(C)C. The molecule has 8 heteroatoms. The zero-order valence-electron chi connectivity index (χ0n) is 15.2. The van der Waals surface area contributed by atoms with Crippen LogP contribution in [0.1, 0.15) is 32.8 Å². The number of non-ortho nitro benzene ring substituents is 1. The number of rotatable bonds is 3. The van der Waals surface area contributed by atoms with Crippen LogP contribution in [0.25, 0.3) is 5.57 Å². The third-order valence-electron chi connectivity index (χ3n) is 3.85. The highest BCUT2D eigenvalue weighted by Crippen LogP contribution is 2.27. The molecule has 1 aliphatic heterocycles. The molecule has 0 fully saturated rings. The lowest BCUT2D eigenvalue weighted by Gasteiger charge is -2.35. The molecule has 1 aromatic carbocycles. The van der Waals surface area contributed by atoms with Crippen LogP contribution in [-0.2, 0) is 14.3 Å². The summed E-state index contributed by atoms with van der Waals surface area (Å²) in [5.74, 6) is -0.519. The Morgan fingerprint density at radius 3 is 2.35 bits per heavy atom. The Labute approximate surface area is 151 Å². The summed E-state index contributed by atoms with van der Waals surface area (Å²) in [6, 6.07) is 5.28. The van der Waals surface area contributed by atoms with Crippen molar-refractivity contribution in [3.05, 3.63) is 46.0 Å². The minimum absolute atomic E-state index is 0.0124. The number of carbonyl (C=O) groups excluding carboxylic acids is 2. The number of ether oxygens (including phenoxy) is 2. The van der Waals surface area contributed by atoms with Gasteiger partial charge >= 0.3 is 12.1 Å². The van der Waals surface area contributed by atoms with Gasteiger partial charge in [0, 0.05) is 12.1 Å². The number of nitrogens with zero attached hydrogens (tertiary/aromatic N) is 2. The molecule has 0 saturated heterocycles. The van der Waals surface area contributed by atoms with E-state index in [-0.39, 0.29) is 18.7 Å². The zero-order chi connectivity index (χ0) is 19.5. The Morgan fingerprint density at radius 1 is 1.23 bits per heavy atom. The molecule has 1 unspecified atom stereocenters. The lowest BCUT2D eigenvalue weighted by Crippen LogP contribution is -2.49. The zero-order valence-corrected chi connectivity index (χ0v) is 15.2. The van der Waals surface area contributed by atoms with E-state index in [9.17, 15) is 19.7 Å². The number of amides is 1. The molecule has 1 heterocycles. The van der Waals surface area contributed by atoms with Crippen molar-refractivity contribution in [3.8, 4) is 0 Å². The maximum absolute atomic E-state index is 12.5. The van der Waals surface area contributed by atoms with Gasteiger partial charge in [-0.25, -0.2) is 9.59 Å². The van der Waals surface area contributed by atoms with Crippen LogP contribution < -0.4 is 0 Å². The van der Waals surface area contributed by atoms with Gasteiger partial charge in [0.2, 0.25) is 0 Å². The van der Waals surface area contributed by atoms with Gasteiger partial charge in [0.05, 0.1) is 18.6 Å². The summed E-state index contributed by atoms with van der Waals surface area (Å²) in [5, 5.41) is 10.8. The molecule has 0 aromatic heterocycles. The molecular formula is C18H22N2O6.